The van der Waals surface area contributed by atoms with Crippen LogP contribution < -0.4 is 15.8 Å². The summed E-state index contributed by atoms with van der Waals surface area (Å²) in [5.74, 6) is -4.98. The first-order chi connectivity index (χ1) is 17.2. The Morgan fingerprint density at radius 1 is 1.22 bits per heavy atom. The van der Waals surface area contributed by atoms with Gasteiger partial charge >= 0.3 is 0 Å². The Bertz CT molecular complexity index is 1390. The zero-order valence-corrected chi connectivity index (χ0v) is 19.7. The van der Waals surface area contributed by atoms with Crippen LogP contribution in [0.25, 0.3) is 0 Å². The van der Waals surface area contributed by atoms with Gasteiger partial charge < -0.3 is 20.1 Å². The summed E-state index contributed by atoms with van der Waals surface area (Å²) in [4.78, 5) is 53.4. The first kappa shape index (κ1) is 25.0. The lowest BCUT2D eigenvalue weighted by atomic mass is 10.1. The molecule has 3 heterocycles. The molecule has 1 aliphatic heterocycles. The van der Waals surface area contributed by atoms with E-state index < -0.39 is 51.8 Å². The van der Waals surface area contributed by atoms with Crippen LogP contribution in [0, 0.1) is 11.6 Å². The number of methoxy groups -OCH3 is 1. The van der Waals surface area contributed by atoms with Gasteiger partial charge in [-0.15, -0.1) is 11.3 Å². The minimum atomic E-state index is -1.15. The van der Waals surface area contributed by atoms with E-state index in [0.29, 0.717) is 10.9 Å². The molecule has 1 aliphatic rings. The van der Waals surface area contributed by atoms with Crippen molar-refractivity contribution in [2.24, 2.45) is 0 Å². The predicted molar refractivity (Wildman–Crippen MR) is 125 cm³/mol. The standard InChI is InChI=1S/C23H20F2N4O6S/c1-35-7-6-27-12-29(22(33)17-3-2-8-36-17)28-11-15(19(30)20(31)18(28)23(27)34)21(32)26-10-13-4-5-14(24)9-16(13)25/h2-5,8-9,11,31H,6-7,10,12H2,1H3,(H,26,32). The Morgan fingerprint density at radius 3 is 2.67 bits per heavy atom. The molecule has 0 spiro atoms. The smallest absolute Gasteiger partial charge is 0.284 e. The molecule has 10 nitrogen and oxygen atoms in total. The van der Waals surface area contributed by atoms with E-state index in [-0.39, 0.29) is 31.9 Å². The van der Waals surface area contributed by atoms with Gasteiger partial charge in [-0.1, -0.05) is 12.1 Å². The molecular weight excluding hydrogens is 498 g/mol. The SMILES string of the molecule is COCCN1CN(C(=O)c2cccs2)n2cc(C(=O)NCc3ccc(F)cc3F)c(=O)c(O)c2C1=O. The Kier molecular flexibility index (Phi) is 7.12. The fraction of sp³-hybridized carbons (Fsp3) is 0.217. The molecule has 188 valence electrons. The molecule has 0 saturated carbocycles. The highest BCUT2D eigenvalue weighted by Crippen LogP contribution is 2.23. The number of nitrogens with one attached hydrogen (secondary N) is 1. The number of nitrogens with zero attached hydrogens (tertiary/aromatic N) is 3. The monoisotopic (exact) mass is 518 g/mol. The van der Waals surface area contributed by atoms with Crippen molar-refractivity contribution < 1.29 is 33.0 Å². The van der Waals surface area contributed by atoms with E-state index in [2.05, 4.69) is 5.32 Å². The van der Waals surface area contributed by atoms with E-state index in [0.717, 1.165) is 39.4 Å². The Morgan fingerprint density at radius 2 is 2.00 bits per heavy atom. The largest absolute Gasteiger partial charge is 0.502 e. The summed E-state index contributed by atoms with van der Waals surface area (Å²) in [6.07, 6.45) is 0.977. The zero-order chi connectivity index (χ0) is 26.0. The van der Waals surface area contributed by atoms with Crippen LogP contribution in [-0.2, 0) is 11.3 Å². The molecule has 2 aromatic heterocycles. The van der Waals surface area contributed by atoms with E-state index in [9.17, 15) is 33.1 Å². The van der Waals surface area contributed by atoms with Crippen molar-refractivity contribution in [2.45, 2.75) is 6.54 Å². The summed E-state index contributed by atoms with van der Waals surface area (Å²) in [6, 6.07) is 6.02. The van der Waals surface area contributed by atoms with Crippen LogP contribution >= 0.6 is 11.3 Å². The molecular formula is C23H20F2N4O6S. The molecule has 0 fully saturated rings. The minimum Gasteiger partial charge on any atom is -0.502 e. The average Bonchev–Trinajstić information content (AvgIpc) is 3.39. The number of hydrogen-bond donors (Lipinski definition) is 2. The highest BCUT2D eigenvalue weighted by molar-refractivity contribution is 7.12. The normalized spacial score (nSPS) is 13.0. The number of thiophene rings is 1. The number of carbonyl (C=O) groups is 3. The summed E-state index contributed by atoms with van der Waals surface area (Å²) in [6.45, 7) is -0.411. The number of amides is 3. The average molecular weight is 518 g/mol. The molecule has 0 aliphatic carbocycles. The van der Waals surface area contributed by atoms with Crippen molar-refractivity contribution in [3.8, 4) is 5.75 Å². The van der Waals surface area contributed by atoms with Crippen molar-refractivity contribution in [1.29, 1.82) is 0 Å². The van der Waals surface area contributed by atoms with Gasteiger partial charge in [0.1, 0.15) is 23.9 Å². The van der Waals surface area contributed by atoms with Gasteiger partial charge in [0.15, 0.2) is 11.4 Å². The molecule has 0 unspecified atom stereocenters. The summed E-state index contributed by atoms with van der Waals surface area (Å²) < 4.78 is 33.0. The number of halogens is 2. The maximum absolute atomic E-state index is 13.9. The molecule has 13 heteroatoms. The van der Waals surface area contributed by atoms with Gasteiger partial charge in [-0.05, 0) is 17.5 Å². The maximum Gasteiger partial charge on any atom is 0.284 e. The number of ether oxygens (including phenoxy) is 1. The van der Waals surface area contributed by atoms with E-state index >= 15 is 0 Å². The fourth-order valence-corrected chi connectivity index (χ4v) is 4.25. The first-order valence-electron chi connectivity index (χ1n) is 10.6. The molecule has 3 aromatic rings. The lowest BCUT2D eigenvalue weighted by Gasteiger charge is -2.38. The quantitative estimate of drug-likeness (QED) is 0.491. The van der Waals surface area contributed by atoms with E-state index in [1.807, 2.05) is 0 Å². The number of aromatic nitrogens is 1. The Hall–Kier alpha value is -4.10. The Labute approximate surface area is 206 Å². The molecule has 0 radical (unpaired) electrons. The molecule has 4 rings (SSSR count). The third-order valence-corrected chi connectivity index (χ3v) is 6.31. The number of rotatable bonds is 7. The Balaban J connectivity index is 1.72. The van der Waals surface area contributed by atoms with Gasteiger partial charge in [0.05, 0.1) is 11.5 Å². The lowest BCUT2D eigenvalue weighted by molar-refractivity contribution is 0.0603. The number of pyridine rings is 1. The van der Waals surface area contributed by atoms with Crippen LogP contribution in [0.4, 0.5) is 8.78 Å². The molecule has 36 heavy (non-hydrogen) atoms. The van der Waals surface area contributed by atoms with Crippen molar-refractivity contribution in [3.63, 3.8) is 0 Å². The van der Waals surface area contributed by atoms with Crippen molar-refractivity contribution in [3.05, 3.63) is 85.5 Å². The van der Waals surface area contributed by atoms with Crippen LogP contribution in [0.15, 0.2) is 46.7 Å². The van der Waals surface area contributed by atoms with Crippen molar-refractivity contribution >= 4 is 29.1 Å². The zero-order valence-electron chi connectivity index (χ0n) is 18.9. The molecule has 2 N–H and O–H groups in total. The van der Waals surface area contributed by atoms with Gasteiger partial charge in [-0.2, -0.15) is 0 Å². The fourth-order valence-electron chi connectivity index (χ4n) is 3.58. The molecule has 0 atom stereocenters. The second-order valence-corrected chi connectivity index (χ2v) is 8.66. The summed E-state index contributed by atoms with van der Waals surface area (Å²) in [7, 11) is 1.43. The number of benzene rings is 1. The second kappa shape index (κ2) is 10.3. The third kappa shape index (κ3) is 4.70. The molecule has 1 aromatic carbocycles. The highest BCUT2D eigenvalue weighted by atomic mass is 32.1. The lowest BCUT2D eigenvalue weighted by Crippen LogP contribution is -2.57. The van der Waals surface area contributed by atoms with Gasteiger partial charge in [-0.3, -0.25) is 19.2 Å². The number of fused-ring (bicyclic) bond motifs is 1. The number of aromatic hydroxyl groups is 1. The number of carbonyl (C=O) groups excluding carboxylic acids is 3. The van der Waals surface area contributed by atoms with Gasteiger partial charge in [0.2, 0.25) is 5.43 Å². The summed E-state index contributed by atoms with van der Waals surface area (Å²) in [5.41, 5.74) is -2.26. The second-order valence-electron chi connectivity index (χ2n) is 7.72. The van der Waals surface area contributed by atoms with Crippen LogP contribution in [0.1, 0.15) is 36.1 Å². The maximum atomic E-state index is 13.9. The topological polar surface area (TPSA) is 121 Å². The molecule has 3 amide bonds. The number of hydrogen-bond acceptors (Lipinski definition) is 7. The van der Waals surface area contributed by atoms with Crippen molar-refractivity contribution in [1.82, 2.24) is 14.9 Å². The third-order valence-electron chi connectivity index (χ3n) is 5.45. The van der Waals surface area contributed by atoms with Gasteiger partial charge in [0, 0.05) is 38.0 Å². The summed E-state index contributed by atoms with van der Waals surface area (Å²) >= 11 is 1.15. The van der Waals surface area contributed by atoms with Crippen molar-refractivity contribution in [2.75, 3.05) is 31.9 Å². The van der Waals surface area contributed by atoms with Gasteiger partial charge in [-0.25, -0.2) is 18.5 Å². The van der Waals surface area contributed by atoms with Crippen LogP contribution in [0.5, 0.6) is 5.75 Å². The minimum absolute atomic E-state index is 0.0366. The molecule has 0 bridgehead atoms. The van der Waals surface area contributed by atoms with Crippen LogP contribution in [-0.4, -0.2) is 59.3 Å². The van der Waals surface area contributed by atoms with Crippen LogP contribution in [0.3, 0.4) is 0 Å². The first-order valence-corrected chi connectivity index (χ1v) is 11.5. The predicted octanol–water partition coefficient (Wildman–Crippen LogP) is 1.66. The van der Waals surface area contributed by atoms with Crippen LogP contribution in [0.2, 0.25) is 0 Å². The van der Waals surface area contributed by atoms with E-state index in [1.54, 1.807) is 17.5 Å². The van der Waals surface area contributed by atoms with Gasteiger partial charge in [0.25, 0.3) is 17.7 Å². The highest BCUT2D eigenvalue weighted by Gasteiger charge is 2.37. The summed E-state index contributed by atoms with van der Waals surface area (Å²) in [5, 5.41) is 15.8. The molecule has 0 saturated heterocycles. The van der Waals surface area contributed by atoms with E-state index in [4.69, 9.17) is 4.74 Å². The van der Waals surface area contributed by atoms with E-state index in [1.165, 1.54) is 12.0 Å².